The van der Waals surface area contributed by atoms with E-state index >= 15 is 0 Å². The molecule has 1 aromatic rings. The molecule has 5 nitrogen and oxygen atoms in total. The van der Waals surface area contributed by atoms with Gasteiger partial charge in [-0.05, 0) is 48.8 Å². The zero-order valence-electron chi connectivity index (χ0n) is 14.1. The Labute approximate surface area is 149 Å². The van der Waals surface area contributed by atoms with E-state index in [2.05, 4.69) is 0 Å². The molecular formula is C17H25ClN2O3S. The summed E-state index contributed by atoms with van der Waals surface area (Å²) in [4.78, 5) is 15.0. The van der Waals surface area contributed by atoms with E-state index in [-0.39, 0.29) is 29.3 Å². The first-order valence-electron chi connectivity index (χ1n) is 8.19. The zero-order chi connectivity index (χ0) is 16.8. The van der Waals surface area contributed by atoms with Gasteiger partial charge in [0, 0.05) is 31.0 Å². The van der Waals surface area contributed by atoms with Crippen LogP contribution in [0, 0.1) is 11.8 Å². The molecule has 0 bridgehead atoms. The highest BCUT2D eigenvalue weighted by molar-refractivity contribution is 7.90. The maximum atomic E-state index is 12.9. The minimum Gasteiger partial charge on any atom is -0.338 e. The van der Waals surface area contributed by atoms with Gasteiger partial charge in [-0.25, -0.2) is 8.42 Å². The lowest BCUT2D eigenvalue weighted by molar-refractivity contribution is 0.0778. The lowest BCUT2D eigenvalue weighted by Crippen LogP contribution is -2.34. The number of rotatable bonds is 3. The highest BCUT2D eigenvalue weighted by atomic mass is 35.5. The summed E-state index contributed by atoms with van der Waals surface area (Å²) in [5.74, 6) is 0.827. The fraction of sp³-hybridized carbons (Fsp3) is 0.588. The fourth-order valence-corrected chi connectivity index (χ4v) is 4.58. The second-order valence-electron chi connectivity index (χ2n) is 6.82. The molecule has 1 aliphatic heterocycles. The Kier molecular flexibility index (Phi) is 5.62. The third-order valence-corrected chi connectivity index (χ3v) is 6.43. The monoisotopic (exact) mass is 372 g/mol. The van der Waals surface area contributed by atoms with Gasteiger partial charge in [0.25, 0.3) is 5.91 Å². The quantitative estimate of drug-likeness (QED) is 0.878. The predicted octanol–water partition coefficient (Wildman–Crippen LogP) is 1.88. The molecule has 24 heavy (non-hydrogen) atoms. The maximum absolute atomic E-state index is 12.9. The highest BCUT2D eigenvalue weighted by Gasteiger charge is 2.42. The van der Waals surface area contributed by atoms with E-state index in [4.69, 9.17) is 5.73 Å². The molecule has 3 rings (SSSR count). The lowest BCUT2D eigenvalue weighted by Gasteiger charge is -2.20. The molecule has 1 aliphatic carbocycles. The number of hydrogen-bond donors (Lipinski definition) is 1. The van der Waals surface area contributed by atoms with E-state index < -0.39 is 9.84 Å². The maximum Gasteiger partial charge on any atom is 0.254 e. The topological polar surface area (TPSA) is 80.5 Å². The van der Waals surface area contributed by atoms with Crippen LogP contribution in [0.3, 0.4) is 0 Å². The van der Waals surface area contributed by atoms with Crippen LogP contribution in [0.15, 0.2) is 23.1 Å². The van der Waals surface area contributed by atoms with Gasteiger partial charge in [0.15, 0.2) is 9.84 Å². The van der Waals surface area contributed by atoms with Gasteiger partial charge in [-0.2, -0.15) is 0 Å². The Morgan fingerprint density at radius 2 is 2.00 bits per heavy atom. The van der Waals surface area contributed by atoms with Crippen LogP contribution in [0.1, 0.15) is 35.7 Å². The zero-order valence-corrected chi connectivity index (χ0v) is 15.7. The van der Waals surface area contributed by atoms with Crippen molar-refractivity contribution in [2.45, 2.75) is 37.1 Å². The summed E-state index contributed by atoms with van der Waals surface area (Å²) >= 11 is 0. The molecule has 1 aromatic carbocycles. The number of benzene rings is 1. The van der Waals surface area contributed by atoms with Crippen molar-refractivity contribution in [2.75, 3.05) is 19.3 Å². The number of aryl methyl sites for hydroxylation is 1. The van der Waals surface area contributed by atoms with E-state index in [9.17, 15) is 13.2 Å². The van der Waals surface area contributed by atoms with Crippen LogP contribution in [0.25, 0.3) is 0 Å². The van der Waals surface area contributed by atoms with Gasteiger partial charge in [0.05, 0.1) is 4.90 Å². The van der Waals surface area contributed by atoms with Crippen molar-refractivity contribution < 1.29 is 13.2 Å². The highest BCUT2D eigenvalue weighted by Crippen LogP contribution is 2.37. The van der Waals surface area contributed by atoms with Crippen molar-refractivity contribution >= 4 is 28.2 Å². The standard InChI is InChI=1S/C17H24N2O3S.ClH/c1-3-11-4-6-13(23(2,21)22)8-14(11)17(20)19-9-12-5-7-16(18)15(12)10-19;/h4,6,8,12,15-16H,3,5,7,9-10,18H2,1-2H3;1H. The molecule has 3 unspecified atom stereocenters. The van der Waals surface area contributed by atoms with Crippen molar-refractivity contribution in [3.05, 3.63) is 29.3 Å². The molecule has 1 amide bonds. The summed E-state index contributed by atoms with van der Waals surface area (Å²) in [6.45, 7) is 3.40. The van der Waals surface area contributed by atoms with Crippen LogP contribution >= 0.6 is 12.4 Å². The summed E-state index contributed by atoms with van der Waals surface area (Å²) < 4.78 is 23.6. The Morgan fingerprint density at radius 3 is 2.58 bits per heavy atom. The first-order valence-corrected chi connectivity index (χ1v) is 10.1. The predicted molar refractivity (Wildman–Crippen MR) is 96.3 cm³/mol. The molecule has 0 aromatic heterocycles. The van der Waals surface area contributed by atoms with Crippen LogP contribution in [-0.4, -0.2) is 44.6 Å². The van der Waals surface area contributed by atoms with Crippen molar-refractivity contribution in [2.24, 2.45) is 17.6 Å². The van der Waals surface area contributed by atoms with E-state index in [1.165, 1.54) is 12.3 Å². The smallest absolute Gasteiger partial charge is 0.254 e. The minimum absolute atomic E-state index is 0. The summed E-state index contributed by atoms with van der Waals surface area (Å²) in [5, 5.41) is 0. The van der Waals surface area contributed by atoms with E-state index in [0.29, 0.717) is 30.4 Å². The first kappa shape index (κ1) is 19.2. The van der Waals surface area contributed by atoms with Crippen molar-refractivity contribution in [3.8, 4) is 0 Å². The van der Waals surface area contributed by atoms with Crippen LogP contribution in [0.4, 0.5) is 0 Å². The molecule has 1 heterocycles. The number of nitrogens with zero attached hydrogens (tertiary/aromatic N) is 1. The average molecular weight is 373 g/mol. The molecule has 1 saturated carbocycles. The number of carbonyl (C=O) groups is 1. The van der Waals surface area contributed by atoms with Crippen LogP contribution in [-0.2, 0) is 16.3 Å². The Morgan fingerprint density at radius 1 is 1.29 bits per heavy atom. The number of amides is 1. The Hall–Kier alpha value is -1.11. The average Bonchev–Trinajstić information content (AvgIpc) is 3.07. The third-order valence-electron chi connectivity index (χ3n) is 5.32. The van der Waals surface area contributed by atoms with Gasteiger partial charge in [-0.15, -0.1) is 12.4 Å². The number of likely N-dealkylation sites (tertiary alicyclic amines) is 1. The van der Waals surface area contributed by atoms with Crippen molar-refractivity contribution in [1.29, 1.82) is 0 Å². The SMILES string of the molecule is CCc1ccc(S(C)(=O)=O)cc1C(=O)N1CC2CCC(N)C2C1.Cl. The van der Waals surface area contributed by atoms with Crippen LogP contribution in [0.5, 0.6) is 0 Å². The number of carbonyl (C=O) groups excluding carboxylic acids is 1. The molecule has 1 saturated heterocycles. The fourth-order valence-electron chi connectivity index (χ4n) is 3.94. The summed E-state index contributed by atoms with van der Waals surface area (Å²) in [5.41, 5.74) is 7.55. The number of nitrogens with two attached hydrogens (primary N) is 1. The number of sulfone groups is 1. The van der Waals surface area contributed by atoms with Gasteiger partial charge < -0.3 is 10.6 Å². The summed E-state index contributed by atoms with van der Waals surface area (Å²) in [6.07, 6.45) is 3.99. The lowest BCUT2D eigenvalue weighted by atomic mass is 9.98. The van der Waals surface area contributed by atoms with Gasteiger partial charge in [-0.1, -0.05) is 13.0 Å². The van der Waals surface area contributed by atoms with Gasteiger partial charge in [-0.3, -0.25) is 4.79 Å². The third kappa shape index (κ3) is 3.46. The van der Waals surface area contributed by atoms with Crippen LogP contribution in [0.2, 0.25) is 0 Å². The van der Waals surface area contributed by atoms with Gasteiger partial charge in [0.1, 0.15) is 0 Å². The summed E-state index contributed by atoms with van der Waals surface area (Å²) in [6, 6.07) is 5.06. The van der Waals surface area contributed by atoms with Crippen LogP contribution < -0.4 is 5.73 Å². The molecule has 0 spiro atoms. The Balaban J connectivity index is 0.00000208. The summed E-state index contributed by atoms with van der Waals surface area (Å²) in [7, 11) is -3.32. The minimum atomic E-state index is -3.32. The van der Waals surface area contributed by atoms with Crippen molar-refractivity contribution in [3.63, 3.8) is 0 Å². The second-order valence-corrected chi connectivity index (χ2v) is 8.84. The second kappa shape index (κ2) is 7.02. The number of halogens is 1. The normalized spacial score (nSPS) is 26.1. The largest absolute Gasteiger partial charge is 0.338 e. The molecule has 7 heteroatoms. The van der Waals surface area contributed by atoms with E-state index in [1.54, 1.807) is 12.1 Å². The molecule has 2 aliphatic rings. The van der Waals surface area contributed by atoms with Gasteiger partial charge in [0.2, 0.25) is 0 Å². The molecule has 0 radical (unpaired) electrons. The number of fused-ring (bicyclic) bond motifs is 1. The Bertz CT molecular complexity index is 735. The van der Waals surface area contributed by atoms with E-state index in [0.717, 1.165) is 24.9 Å². The molecule has 3 atom stereocenters. The van der Waals surface area contributed by atoms with E-state index in [1.807, 2.05) is 11.8 Å². The number of hydrogen-bond acceptors (Lipinski definition) is 4. The molecule has 2 N–H and O–H groups in total. The first-order chi connectivity index (χ1) is 10.8. The molecule has 2 fully saturated rings. The van der Waals surface area contributed by atoms with Crippen molar-refractivity contribution in [1.82, 2.24) is 4.90 Å². The molecule has 134 valence electrons. The molecular weight excluding hydrogens is 348 g/mol. The van der Waals surface area contributed by atoms with Gasteiger partial charge >= 0.3 is 0 Å².